The third-order valence-corrected chi connectivity index (χ3v) is 3.44. The molecular weight excluding hydrogens is 310 g/mol. The van der Waals surface area contributed by atoms with E-state index in [0.29, 0.717) is 18.7 Å². The van der Waals surface area contributed by atoms with Crippen LogP contribution in [0.3, 0.4) is 0 Å². The van der Waals surface area contributed by atoms with E-state index in [0.717, 1.165) is 11.3 Å². The normalized spacial score (nSPS) is 10.4. The first-order chi connectivity index (χ1) is 11.5. The van der Waals surface area contributed by atoms with Crippen LogP contribution in [0.25, 0.3) is 0 Å². The van der Waals surface area contributed by atoms with Crippen molar-refractivity contribution in [1.29, 1.82) is 0 Å². The molecule has 0 aliphatic carbocycles. The van der Waals surface area contributed by atoms with Gasteiger partial charge in [0.25, 0.3) is 5.91 Å². The summed E-state index contributed by atoms with van der Waals surface area (Å²) in [5.41, 5.74) is 2.21. The maximum Gasteiger partial charge on any atom is 0.303 e. The molecule has 0 atom stereocenters. The highest BCUT2D eigenvalue weighted by molar-refractivity contribution is 5.91. The number of furan rings is 1. The molecule has 6 nitrogen and oxygen atoms in total. The highest BCUT2D eigenvalue weighted by Crippen LogP contribution is 2.20. The largest absolute Gasteiger partial charge is 0.485 e. The van der Waals surface area contributed by atoms with Crippen LogP contribution in [0.5, 0.6) is 5.75 Å². The van der Waals surface area contributed by atoms with Crippen molar-refractivity contribution in [3.05, 3.63) is 53.0 Å². The van der Waals surface area contributed by atoms with Crippen LogP contribution in [0.1, 0.15) is 40.3 Å². The van der Waals surface area contributed by atoms with Gasteiger partial charge in [0.2, 0.25) is 0 Å². The number of hydrogen-bond acceptors (Lipinski definition) is 4. The van der Waals surface area contributed by atoms with E-state index >= 15 is 0 Å². The molecule has 0 fully saturated rings. The second-order valence-electron chi connectivity index (χ2n) is 5.58. The lowest BCUT2D eigenvalue weighted by Gasteiger charge is -2.08. The Bertz CT molecular complexity index is 720. The number of aryl methyl sites for hydroxylation is 2. The molecule has 0 saturated heterocycles. The Balaban J connectivity index is 1.84. The lowest BCUT2D eigenvalue weighted by Crippen LogP contribution is -2.24. The Labute approximate surface area is 140 Å². The summed E-state index contributed by atoms with van der Waals surface area (Å²) in [7, 11) is 0. The van der Waals surface area contributed by atoms with Crippen molar-refractivity contribution in [2.24, 2.45) is 0 Å². The summed E-state index contributed by atoms with van der Waals surface area (Å²) >= 11 is 0. The van der Waals surface area contributed by atoms with Crippen LogP contribution >= 0.6 is 0 Å². The summed E-state index contributed by atoms with van der Waals surface area (Å²) < 4.78 is 11.2. The fraction of sp³-hybridized carbons (Fsp3) is 0.333. The molecule has 0 radical (unpaired) electrons. The van der Waals surface area contributed by atoms with Crippen LogP contribution in [-0.4, -0.2) is 23.5 Å². The Morgan fingerprint density at radius 2 is 2.00 bits per heavy atom. The molecule has 6 heteroatoms. The Hall–Kier alpha value is -2.76. The van der Waals surface area contributed by atoms with Crippen LogP contribution in [0.15, 0.2) is 34.7 Å². The van der Waals surface area contributed by atoms with Crippen molar-refractivity contribution in [3.63, 3.8) is 0 Å². The molecule has 0 unspecified atom stereocenters. The summed E-state index contributed by atoms with van der Waals surface area (Å²) in [6.45, 7) is 4.52. The molecule has 1 heterocycles. The molecule has 0 saturated carbocycles. The van der Waals surface area contributed by atoms with Crippen LogP contribution in [0, 0.1) is 13.8 Å². The SMILES string of the molecule is Cc1ccc(OCc2ccc(C(=O)NCCCC(=O)O)o2)c(C)c1. The third-order valence-electron chi connectivity index (χ3n) is 3.44. The smallest absolute Gasteiger partial charge is 0.303 e. The van der Waals surface area contributed by atoms with Crippen LogP contribution in [-0.2, 0) is 11.4 Å². The standard InChI is InChI=1S/C18H21NO5/c1-12-5-7-15(13(2)10-12)23-11-14-6-8-16(24-14)18(22)19-9-3-4-17(20)21/h5-8,10H,3-4,9,11H2,1-2H3,(H,19,22)(H,20,21). The van der Waals surface area contributed by atoms with Crippen molar-refractivity contribution in [2.75, 3.05) is 6.54 Å². The topological polar surface area (TPSA) is 88.8 Å². The molecule has 0 aliphatic heterocycles. The molecule has 2 rings (SSSR count). The van der Waals surface area contributed by atoms with E-state index in [1.165, 1.54) is 5.56 Å². The van der Waals surface area contributed by atoms with Crippen molar-refractivity contribution >= 4 is 11.9 Å². The maximum absolute atomic E-state index is 11.9. The second kappa shape index (κ2) is 8.19. The zero-order valence-corrected chi connectivity index (χ0v) is 13.8. The lowest BCUT2D eigenvalue weighted by molar-refractivity contribution is -0.137. The van der Waals surface area contributed by atoms with Crippen molar-refractivity contribution in [1.82, 2.24) is 5.32 Å². The quantitative estimate of drug-likeness (QED) is 0.726. The van der Waals surface area contributed by atoms with Crippen LogP contribution in [0.4, 0.5) is 0 Å². The van der Waals surface area contributed by atoms with Gasteiger partial charge in [-0.2, -0.15) is 0 Å². The van der Waals surface area contributed by atoms with Gasteiger partial charge in [0.1, 0.15) is 18.1 Å². The van der Waals surface area contributed by atoms with Gasteiger partial charge >= 0.3 is 5.97 Å². The zero-order valence-electron chi connectivity index (χ0n) is 13.8. The predicted octanol–water partition coefficient (Wildman–Crippen LogP) is 3.07. The van der Waals surface area contributed by atoms with Gasteiger partial charge < -0.3 is 19.6 Å². The number of carbonyl (C=O) groups excluding carboxylic acids is 1. The highest BCUT2D eigenvalue weighted by atomic mass is 16.5. The molecule has 0 spiro atoms. The highest BCUT2D eigenvalue weighted by Gasteiger charge is 2.11. The second-order valence-corrected chi connectivity index (χ2v) is 5.58. The number of aliphatic carboxylic acids is 1. The van der Waals surface area contributed by atoms with E-state index in [-0.39, 0.29) is 24.7 Å². The number of ether oxygens (including phenoxy) is 1. The van der Waals surface area contributed by atoms with Crippen LogP contribution in [0.2, 0.25) is 0 Å². The number of rotatable bonds is 8. The van der Waals surface area contributed by atoms with Gasteiger partial charge in [0, 0.05) is 13.0 Å². The summed E-state index contributed by atoms with van der Waals surface area (Å²) in [6, 6.07) is 9.18. The number of carboxylic acids is 1. The first-order valence-electron chi connectivity index (χ1n) is 7.74. The molecule has 24 heavy (non-hydrogen) atoms. The molecule has 0 aliphatic rings. The summed E-state index contributed by atoms with van der Waals surface area (Å²) in [6.07, 6.45) is 0.401. The van der Waals surface area contributed by atoms with E-state index in [4.69, 9.17) is 14.3 Å². The first-order valence-corrected chi connectivity index (χ1v) is 7.74. The number of amides is 1. The van der Waals surface area contributed by atoms with Crippen molar-refractivity contribution in [3.8, 4) is 5.75 Å². The summed E-state index contributed by atoms with van der Waals surface area (Å²) in [5.74, 6) is 0.262. The molecule has 2 N–H and O–H groups in total. The van der Waals surface area contributed by atoms with E-state index in [2.05, 4.69) is 5.32 Å². The predicted molar refractivity (Wildman–Crippen MR) is 88.2 cm³/mol. The number of benzene rings is 1. The summed E-state index contributed by atoms with van der Waals surface area (Å²) in [5, 5.41) is 11.2. The van der Waals surface area contributed by atoms with E-state index in [1.807, 2.05) is 32.0 Å². The third kappa shape index (κ3) is 5.15. The van der Waals surface area contributed by atoms with E-state index in [1.54, 1.807) is 12.1 Å². The molecule has 1 amide bonds. The Morgan fingerprint density at radius 3 is 2.71 bits per heavy atom. The molecule has 1 aromatic carbocycles. The Kier molecular flexibility index (Phi) is 6.01. The van der Waals surface area contributed by atoms with Gasteiger partial charge in [-0.3, -0.25) is 9.59 Å². The molecular formula is C18H21NO5. The van der Waals surface area contributed by atoms with Crippen LogP contribution < -0.4 is 10.1 Å². The van der Waals surface area contributed by atoms with Gasteiger partial charge in [0.05, 0.1) is 0 Å². The number of carbonyl (C=O) groups is 2. The molecule has 0 bridgehead atoms. The average Bonchev–Trinajstić information content (AvgIpc) is 2.99. The van der Waals surface area contributed by atoms with E-state index in [9.17, 15) is 9.59 Å². The fourth-order valence-corrected chi connectivity index (χ4v) is 2.22. The minimum atomic E-state index is -0.881. The zero-order chi connectivity index (χ0) is 17.5. The van der Waals surface area contributed by atoms with Gasteiger partial charge in [-0.15, -0.1) is 0 Å². The van der Waals surface area contributed by atoms with Crippen molar-refractivity contribution < 1.29 is 23.8 Å². The lowest BCUT2D eigenvalue weighted by atomic mass is 10.1. The monoisotopic (exact) mass is 331 g/mol. The minimum Gasteiger partial charge on any atom is -0.485 e. The van der Waals surface area contributed by atoms with E-state index < -0.39 is 5.97 Å². The fourth-order valence-electron chi connectivity index (χ4n) is 2.22. The maximum atomic E-state index is 11.9. The Morgan fingerprint density at radius 1 is 1.21 bits per heavy atom. The number of nitrogens with one attached hydrogen (secondary N) is 1. The average molecular weight is 331 g/mol. The first kappa shape index (κ1) is 17.6. The number of carboxylic acid groups (broad SMARTS) is 1. The minimum absolute atomic E-state index is 0.0213. The molecule has 128 valence electrons. The van der Waals surface area contributed by atoms with Gasteiger partial charge in [0.15, 0.2) is 5.76 Å². The number of hydrogen-bond donors (Lipinski definition) is 2. The van der Waals surface area contributed by atoms with Gasteiger partial charge in [-0.25, -0.2) is 0 Å². The van der Waals surface area contributed by atoms with Gasteiger partial charge in [-0.1, -0.05) is 17.7 Å². The van der Waals surface area contributed by atoms with Crippen molar-refractivity contribution in [2.45, 2.75) is 33.3 Å². The molecule has 2 aromatic rings. The van der Waals surface area contributed by atoms with Gasteiger partial charge in [-0.05, 0) is 44.0 Å². The molecule has 1 aromatic heterocycles. The summed E-state index contributed by atoms with van der Waals surface area (Å²) in [4.78, 5) is 22.3.